The second-order valence-electron chi connectivity index (χ2n) is 8.97. The van der Waals surface area contributed by atoms with Gasteiger partial charge in [-0.15, -0.1) is 0 Å². The predicted octanol–water partition coefficient (Wildman–Crippen LogP) is 5.35. The number of benzene rings is 2. The van der Waals surface area contributed by atoms with Crippen molar-refractivity contribution in [2.45, 2.75) is 45.1 Å². The second-order valence-corrected chi connectivity index (χ2v) is 8.97. The standard InChI is InChI=1S/C26H26FN5O3/c1-14-11-17(27)20(13-22(14)33)30-19-9-10-28-24-23(19)26(35)32-21-12-15(7-8-18(21)31-24)25(34)29-16-5-3-2-4-6-16/h7-13,16,33H,2-6H2,1H3,(H,29,34)(H,32,35)(H2,28,30,31). The number of phenolic OH excluding ortho intramolecular Hbond substituents is 1. The van der Waals surface area contributed by atoms with Gasteiger partial charge in [-0.25, -0.2) is 9.37 Å². The van der Waals surface area contributed by atoms with E-state index in [2.05, 4.69) is 26.3 Å². The molecule has 0 bridgehead atoms. The number of halogens is 1. The number of hydrogen-bond donors (Lipinski definition) is 5. The number of rotatable bonds is 4. The van der Waals surface area contributed by atoms with Gasteiger partial charge in [-0.05, 0) is 55.7 Å². The number of anilines is 5. The van der Waals surface area contributed by atoms with Gasteiger partial charge in [0, 0.05) is 23.9 Å². The van der Waals surface area contributed by atoms with Crippen molar-refractivity contribution in [2.75, 3.05) is 16.0 Å². The molecule has 1 fully saturated rings. The van der Waals surface area contributed by atoms with Crippen LogP contribution < -0.4 is 21.3 Å². The maximum absolute atomic E-state index is 14.5. The fraction of sp³-hybridized carbons (Fsp3) is 0.269. The molecule has 0 spiro atoms. The topological polar surface area (TPSA) is 115 Å². The summed E-state index contributed by atoms with van der Waals surface area (Å²) in [6, 6.07) is 9.27. The summed E-state index contributed by atoms with van der Waals surface area (Å²) in [6.45, 7) is 1.60. The molecule has 2 aromatic carbocycles. The van der Waals surface area contributed by atoms with Crippen molar-refractivity contribution in [3.63, 3.8) is 0 Å². The molecule has 5 rings (SSSR count). The first-order valence-electron chi connectivity index (χ1n) is 11.7. The Balaban J connectivity index is 1.41. The number of fused-ring (bicyclic) bond motifs is 2. The van der Waals surface area contributed by atoms with E-state index < -0.39 is 11.7 Å². The smallest absolute Gasteiger partial charge is 0.261 e. The van der Waals surface area contributed by atoms with E-state index >= 15 is 0 Å². The van der Waals surface area contributed by atoms with E-state index in [1.165, 1.54) is 24.8 Å². The normalized spacial score (nSPS) is 15.2. The highest BCUT2D eigenvalue weighted by Crippen LogP contribution is 2.36. The number of aromatic nitrogens is 1. The minimum atomic E-state index is -0.565. The highest BCUT2D eigenvalue weighted by atomic mass is 19.1. The summed E-state index contributed by atoms with van der Waals surface area (Å²) in [7, 11) is 0. The molecule has 180 valence electrons. The molecule has 2 aliphatic rings. The molecule has 1 saturated carbocycles. The van der Waals surface area contributed by atoms with Crippen molar-refractivity contribution in [1.82, 2.24) is 10.3 Å². The van der Waals surface area contributed by atoms with Gasteiger partial charge < -0.3 is 26.4 Å². The molecule has 0 atom stereocenters. The maximum Gasteiger partial charge on any atom is 0.261 e. The lowest BCUT2D eigenvalue weighted by Gasteiger charge is -2.23. The molecular weight excluding hydrogens is 449 g/mol. The zero-order valence-corrected chi connectivity index (χ0v) is 19.2. The molecule has 35 heavy (non-hydrogen) atoms. The lowest BCUT2D eigenvalue weighted by Crippen LogP contribution is -2.36. The lowest BCUT2D eigenvalue weighted by molar-refractivity contribution is 0.0926. The molecule has 0 saturated heterocycles. The largest absolute Gasteiger partial charge is 0.508 e. The van der Waals surface area contributed by atoms with Crippen LogP contribution in [0.15, 0.2) is 42.6 Å². The van der Waals surface area contributed by atoms with E-state index in [1.807, 2.05) is 0 Å². The summed E-state index contributed by atoms with van der Waals surface area (Å²) in [5.74, 6) is -0.996. The highest BCUT2D eigenvalue weighted by Gasteiger charge is 2.25. The van der Waals surface area contributed by atoms with Crippen LogP contribution in [0.4, 0.5) is 33.0 Å². The lowest BCUT2D eigenvalue weighted by atomic mass is 9.95. The first kappa shape index (κ1) is 22.6. The van der Waals surface area contributed by atoms with Crippen molar-refractivity contribution < 1.29 is 19.1 Å². The summed E-state index contributed by atoms with van der Waals surface area (Å²) in [6.07, 6.45) is 6.87. The van der Waals surface area contributed by atoms with Crippen molar-refractivity contribution in [3.8, 4) is 5.75 Å². The number of nitrogens with one attached hydrogen (secondary N) is 4. The molecule has 0 radical (unpaired) electrons. The molecule has 5 N–H and O–H groups in total. The molecule has 0 unspecified atom stereocenters. The van der Waals surface area contributed by atoms with Crippen LogP contribution in [0.1, 0.15) is 58.4 Å². The number of pyridine rings is 1. The molecule has 1 aliphatic carbocycles. The molecule has 9 heteroatoms. The number of phenols is 1. The maximum atomic E-state index is 14.5. The van der Waals surface area contributed by atoms with Gasteiger partial charge in [0.25, 0.3) is 11.8 Å². The third-order valence-corrected chi connectivity index (χ3v) is 6.46. The van der Waals surface area contributed by atoms with Gasteiger partial charge >= 0.3 is 0 Å². The first-order chi connectivity index (χ1) is 16.9. The minimum Gasteiger partial charge on any atom is -0.508 e. The second kappa shape index (κ2) is 9.25. The molecule has 2 amide bonds. The Labute approximate surface area is 202 Å². The SMILES string of the molecule is Cc1cc(F)c(Nc2ccnc3c2C(=O)Nc2cc(C(=O)NC4CCCCC4)ccc2N3)cc1O. The zero-order valence-electron chi connectivity index (χ0n) is 19.2. The van der Waals surface area contributed by atoms with E-state index in [1.54, 1.807) is 31.2 Å². The van der Waals surface area contributed by atoms with E-state index in [-0.39, 0.29) is 34.8 Å². The first-order valence-corrected chi connectivity index (χ1v) is 11.7. The van der Waals surface area contributed by atoms with Gasteiger partial charge in [0.05, 0.1) is 22.7 Å². The quantitative estimate of drug-likeness (QED) is 0.347. The fourth-order valence-corrected chi connectivity index (χ4v) is 4.52. The van der Waals surface area contributed by atoms with Crippen LogP contribution in [0.25, 0.3) is 0 Å². The van der Waals surface area contributed by atoms with Crippen LogP contribution in [-0.4, -0.2) is 27.9 Å². The Hall–Kier alpha value is -4.14. The number of amides is 2. The van der Waals surface area contributed by atoms with Gasteiger partial charge in [-0.1, -0.05) is 19.3 Å². The van der Waals surface area contributed by atoms with Crippen LogP contribution in [0.2, 0.25) is 0 Å². The van der Waals surface area contributed by atoms with Crippen LogP contribution in [0.3, 0.4) is 0 Å². The number of aryl methyl sites for hydroxylation is 1. The van der Waals surface area contributed by atoms with Gasteiger partial charge in [0.15, 0.2) is 0 Å². The predicted molar refractivity (Wildman–Crippen MR) is 132 cm³/mol. The number of hydrogen-bond acceptors (Lipinski definition) is 6. The van der Waals surface area contributed by atoms with E-state index in [0.29, 0.717) is 28.2 Å². The molecule has 8 nitrogen and oxygen atoms in total. The molecular formula is C26H26FN5O3. The number of aromatic hydroxyl groups is 1. The van der Waals surface area contributed by atoms with E-state index in [9.17, 15) is 19.1 Å². The summed E-state index contributed by atoms with van der Waals surface area (Å²) in [4.78, 5) is 30.3. The van der Waals surface area contributed by atoms with Gasteiger partial charge in [-0.2, -0.15) is 0 Å². The van der Waals surface area contributed by atoms with Gasteiger partial charge in [-0.3, -0.25) is 9.59 Å². The van der Waals surface area contributed by atoms with Crippen LogP contribution in [-0.2, 0) is 0 Å². The molecule has 1 aliphatic heterocycles. The summed E-state index contributed by atoms with van der Waals surface area (Å²) < 4.78 is 14.5. The highest BCUT2D eigenvalue weighted by molar-refractivity contribution is 6.15. The third-order valence-electron chi connectivity index (χ3n) is 6.46. The van der Waals surface area contributed by atoms with Gasteiger partial charge in [0.1, 0.15) is 22.9 Å². The molecule has 3 aromatic rings. The third kappa shape index (κ3) is 4.62. The minimum absolute atomic E-state index is 0.0257. The van der Waals surface area contributed by atoms with Crippen molar-refractivity contribution >= 4 is 40.4 Å². The average molecular weight is 476 g/mol. The van der Waals surface area contributed by atoms with Crippen molar-refractivity contribution in [2.24, 2.45) is 0 Å². The van der Waals surface area contributed by atoms with Crippen LogP contribution in [0.5, 0.6) is 5.75 Å². The molecule has 2 heterocycles. The Bertz CT molecular complexity index is 1320. The van der Waals surface area contributed by atoms with Gasteiger partial charge in [0.2, 0.25) is 0 Å². The van der Waals surface area contributed by atoms with Crippen molar-refractivity contribution in [3.05, 3.63) is 65.1 Å². The Kier molecular flexibility index (Phi) is 5.98. The Morgan fingerprint density at radius 2 is 1.86 bits per heavy atom. The van der Waals surface area contributed by atoms with E-state index in [4.69, 9.17) is 0 Å². The summed E-state index contributed by atoms with van der Waals surface area (Å²) in [5, 5.41) is 21.9. The van der Waals surface area contributed by atoms with E-state index in [0.717, 1.165) is 25.7 Å². The number of carbonyl (C=O) groups is 2. The Morgan fingerprint density at radius 3 is 2.66 bits per heavy atom. The summed E-state index contributed by atoms with van der Waals surface area (Å²) in [5.41, 5.74) is 2.38. The summed E-state index contributed by atoms with van der Waals surface area (Å²) >= 11 is 0. The molecule has 1 aromatic heterocycles. The fourth-order valence-electron chi connectivity index (χ4n) is 4.52. The van der Waals surface area contributed by atoms with Crippen molar-refractivity contribution in [1.29, 1.82) is 0 Å². The van der Waals surface area contributed by atoms with Crippen LogP contribution in [0, 0.1) is 12.7 Å². The average Bonchev–Trinajstić information content (AvgIpc) is 2.98. The number of carbonyl (C=O) groups excluding carboxylic acids is 2. The number of nitrogens with zero attached hydrogens (tertiary/aromatic N) is 1. The zero-order chi connectivity index (χ0) is 24.5. The monoisotopic (exact) mass is 475 g/mol. The van der Waals surface area contributed by atoms with Crippen LogP contribution >= 0.6 is 0 Å². The Morgan fingerprint density at radius 1 is 1.06 bits per heavy atom.